The highest BCUT2D eigenvalue weighted by Crippen LogP contribution is 2.28. The van der Waals surface area contributed by atoms with Crippen LogP contribution in [0.5, 0.6) is 5.75 Å². The summed E-state index contributed by atoms with van der Waals surface area (Å²) in [7, 11) is 1.52. The lowest BCUT2D eigenvalue weighted by atomic mass is 9.99. The fourth-order valence-corrected chi connectivity index (χ4v) is 1.80. The summed E-state index contributed by atoms with van der Waals surface area (Å²) in [6.45, 7) is 0.391. The van der Waals surface area contributed by atoms with E-state index in [9.17, 15) is 4.39 Å². The summed E-state index contributed by atoms with van der Waals surface area (Å²) in [5.74, 6) is 0.210. The fraction of sp³-hybridized carbons (Fsp3) is 0.143. The summed E-state index contributed by atoms with van der Waals surface area (Å²) in [6, 6.07) is 12.4. The number of hydrogen-bond donors (Lipinski definition) is 1. The number of methoxy groups -OCH3 is 1. The second-order valence-corrected chi connectivity index (χ2v) is 3.71. The number of ether oxygens (including phenoxy) is 1. The predicted octanol–water partition coefficient (Wildman–Crippen LogP) is 3.38. The first-order valence-electron chi connectivity index (χ1n) is 5.38. The van der Waals surface area contributed by atoms with Crippen LogP contribution in [0.4, 0.5) is 4.39 Å². The van der Waals surface area contributed by atoms with Crippen LogP contribution in [0.15, 0.2) is 42.5 Å². The van der Waals surface area contributed by atoms with E-state index in [2.05, 4.69) is 0 Å². The summed E-state index contributed by atoms with van der Waals surface area (Å²) >= 11 is 0. The first-order chi connectivity index (χ1) is 8.26. The lowest BCUT2D eigenvalue weighted by molar-refractivity contribution is 0.411. The van der Waals surface area contributed by atoms with E-state index < -0.39 is 0 Å². The zero-order valence-corrected chi connectivity index (χ0v) is 10.8. The van der Waals surface area contributed by atoms with Crippen molar-refractivity contribution in [2.75, 3.05) is 7.11 Å². The molecular formula is C14H15ClFNO. The van der Waals surface area contributed by atoms with E-state index in [1.165, 1.54) is 13.2 Å². The molecule has 0 aromatic heterocycles. The molecule has 0 atom stereocenters. The van der Waals surface area contributed by atoms with Gasteiger partial charge in [0.1, 0.15) is 11.6 Å². The van der Waals surface area contributed by atoms with Crippen molar-refractivity contribution in [3.8, 4) is 16.9 Å². The van der Waals surface area contributed by atoms with Crippen LogP contribution in [-0.4, -0.2) is 7.11 Å². The molecule has 0 heterocycles. The van der Waals surface area contributed by atoms with Gasteiger partial charge >= 0.3 is 0 Å². The molecule has 4 heteroatoms. The Bertz CT molecular complexity index is 531. The largest absolute Gasteiger partial charge is 0.497 e. The molecule has 2 aromatic carbocycles. The van der Waals surface area contributed by atoms with Gasteiger partial charge in [0.05, 0.1) is 7.11 Å². The Hall–Kier alpha value is -1.58. The maximum Gasteiger partial charge on any atom is 0.134 e. The van der Waals surface area contributed by atoms with Crippen molar-refractivity contribution in [3.63, 3.8) is 0 Å². The van der Waals surface area contributed by atoms with Gasteiger partial charge in [-0.2, -0.15) is 0 Å². The van der Waals surface area contributed by atoms with E-state index in [1.807, 2.05) is 24.3 Å². The first-order valence-corrected chi connectivity index (χ1v) is 5.38. The molecule has 0 aliphatic heterocycles. The quantitative estimate of drug-likeness (QED) is 0.925. The summed E-state index contributed by atoms with van der Waals surface area (Å²) in [5.41, 5.74) is 7.95. The first kappa shape index (κ1) is 14.5. The summed E-state index contributed by atoms with van der Waals surface area (Å²) < 4.78 is 18.9. The molecule has 2 rings (SSSR count). The minimum Gasteiger partial charge on any atom is -0.497 e. The number of halogens is 2. The van der Waals surface area contributed by atoms with Crippen molar-refractivity contribution >= 4 is 12.4 Å². The van der Waals surface area contributed by atoms with Crippen LogP contribution in [0.2, 0.25) is 0 Å². The van der Waals surface area contributed by atoms with Gasteiger partial charge < -0.3 is 10.5 Å². The van der Waals surface area contributed by atoms with Crippen LogP contribution in [0.3, 0.4) is 0 Å². The summed E-state index contributed by atoms with van der Waals surface area (Å²) in [4.78, 5) is 0. The van der Waals surface area contributed by atoms with Gasteiger partial charge in [0.15, 0.2) is 0 Å². The van der Waals surface area contributed by atoms with E-state index in [-0.39, 0.29) is 18.2 Å². The van der Waals surface area contributed by atoms with Crippen LogP contribution < -0.4 is 10.5 Å². The van der Waals surface area contributed by atoms with Gasteiger partial charge in [-0.05, 0) is 23.3 Å². The van der Waals surface area contributed by atoms with Gasteiger partial charge in [0.25, 0.3) is 0 Å². The molecule has 0 saturated heterocycles. The summed E-state index contributed by atoms with van der Waals surface area (Å²) in [5, 5.41) is 0. The average molecular weight is 268 g/mol. The van der Waals surface area contributed by atoms with Crippen LogP contribution in [-0.2, 0) is 6.54 Å². The molecule has 0 saturated carbocycles. The van der Waals surface area contributed by atoms with E-state index in [0.29, 0.717) is 17.9 Å². The third-order valence-electron chi connectivity index (χ3n) is 2.70. The van der Waals surface area contributed by atoms with E-state index >= 15 is 0 Å². The lowest BCUT2D eigenvalue weighted by Crippen LogP contribution is -1.99. The normalized spacial score (nSPS) is 9.72. The maximum atomic E-state index is 13.9. The fourth-order valence-electron chi connectivity index (χ4n) is 1.80. The highest BCUT2D eigenvalue weighted by Gasteiger charge is 2.09. The molecule has 96 valence electrons. The molecule has 18 heavy (non-hydrogen) atoms. The Morgan fingerprint density at radius 3 is 2.44 bits per heavy atom. The molecule has 0 radical (unpaired) electrons. The molecule has 2 nitrogen and oxygen atoms in total. The number of rotatable bonds is 3. The zero-order chi connectivity index (χ0) is 12.3. The molecule has 0 unspecified atom stereocenters. The highest BCUT2D eigenvalue weighted by molar-refractivity contribution is 5.85. The Labute approximate surface area is 112 Å². The van der Waals surface area contributed by atoms with Crippen molar-refractivity contribution < 1.29 is 9.13 Å². The molecule has 2 aromatic rings. The van der Waals surface area contributed by atoms with Crippen LogP contribution in [0, 0.1) is 5.82 Å². The molecule has 0 amide bonds. The Morgan fingerprint density at radius 2 is 1.83 bits per heavy atom. The van der Waals surface area contributed by atoms with Gasteiger partial charge in [-0.1, -0.05) is 24.3 Å². The minimum absolute atomic E-state index is 0. The van der Waals surface area contributed by atoms with Crippen LogP contribution >= 0.6 is 12.4 Å². The Balaban J connectivity index is 0.00000162. The monoisotopic (exact) mass is 267 g/mol. The van der Waals surface area contributed by atoms with Gasteiger partial charge in [0, 0.05) is 18.2 Å². The van der Waals surface area contributed by atoms with E-state index in [0.717, 1.165) is 11.1 Å². The SMILES string of the molecule is COc1ccc(-c2ccccc2CN)c(F)c1.Cl. The van der Waals surface area contributed by atoms with Gasteiger partial charge in [-0.3, -0.25) is 0 Å². The Morgan fingerprint density at radius 1 is 1.11 bits per heavy atom. The van der Waals surface area contributed by atoms with Crippen molar-refractivity contribution in [2.24, 2.45) is 5.73 Å². The van der Waals surface area contributed by atoms with Crippen molar-refractivity contribution in [2.45, 2.75) is 6.54 Å². The molecular weight excluding hydrogens is 253 g/mol. The van der Waals surface area contributed by atoms with Crippen LogP contribution in [0.25, 0.3) is 11.1 Å². The van der Waals surface area contributed by atoms with E-state index in [4.69, 9.17) is 10.5 Å². The predicted molar refractivity (Wildman–Crippen MR) is 73.5 cm³/mol. The zero-order valence-electron chi connectivity index (χ0n) is 10.0. The minimum atomic E-state index is -0.301. The highest BCUT2D eigenvalue weighted by atomic mass is 35.5. The molecule has 0 bridgehead atoms. The second-order valence-electron chi connectivity index (χ2n) is 3.71. The number of nitrogens with two attached hydrogens (primary N) is 1. The third-order valence-corrected chi connectivity index (χ3v) is 2.70. The topological polar surface area (TPSA) is 35.2 Å². The number of hydrogen-bond acceptors (Lipinski definition) is 2. The number of benzene rings is 2. The standard InChI is InChI=1S/C14H14FNO.ClH/c1-17-11-6-7-13(14(15)8-11)12-5-3-2-4-10(12)9-16;/h2-8H,9,16H2,1H3;1H. The molecule has 0 fully saturated rings. The van der Waals surface area contributed by atoms with E-state index in [1.54, 1.807) is 12.1 Å². The van der Waals surface area contributed by atoms with Crippen molar-refractivity contribution in [1.29, 1.82) is 0 Å². The smallest absolute Gasteiger partial charge is 0.134 e. The van der Waals surface area contributed by atoms with Crippen molar-refractivity contribution in [1.82, 2.24) is 0 Å². The van der Waals surface area contributed by atoms with Gasteiger partial charge in [-0.25, -0.2) is 4.39 Å². The maximum absolute atomic E-state index is 13.9. The molecule has 0 aliphatic rings. The van der Waals surface area contributed by atoms with Crippen LogP contribution in [0.1, 0.15) is 5.56 Å². The molecule has 0 aliphatic carbocycles. The molecule has 0 spiro atoms. The third kappa shape index (κ3) is 2.81. The van der Waals surface area contributed by atoms with Gasteiger partial charge in [0.2, 0.25) is 0 Å². The average Bonchev–Trinajstić information content (AvgIpc) is 2.38. The lowest BCUT2D eigenvalue weighted by Gasteiger charge is -2.09. The van der Waals surface area contributed by atoms with Crippen molar-refractivity contribution in [3.05, 3.63) is 53.8 Å². The van der Waals surface area contributed by atoms with Gasteiger partial charge in [-0.15, -0.1) is 12.4 Å². The Kier molecular flexibility index (Phi) is 5.13. The second kappa shape index (κ2) is 6.38. The summed E-state index contributed by atoms with van der Waals surface area (Å²) in [6.07, 6.45) is 0. The molecule has 2 N–H and O–H groups in total.